The minimum Gasteiger partial charge on any atom is -0.350 e. The number of anilines is 1. The summed E-state index contributed by atoms with van der Waals surface area (Å²) in [6.07, 6.45) is 3.20. The van der Waals surface area contributed by atoms with Gasteiger partial charge in [-0.1, -0.05) is 0 Å². The largest absolute Gasteiger partial charge is 0.350 e. The van der Waals surface area contributed by atoms with Gasteiger partial charge in [-0.2, -0.15) is 5.10 Å². The topological polar surface area (TPSA) is 65.1 Å². The number of aromatic nitrogens is 3. The smallest absolute Gasteiger partial charge is 0.228 e. The number of pyridine rings is 1. The minimum absolute atomic E-state index is 0.0859. The highest BCUT2D eigenvalue weighted by Gasteiger charge is 2.27. The molecular weight excluding hydrogens is 285 g/mol. The van der Waals surface area contributed by atoms with Gasteiger partial charge in [0.15, 0.2) is 0 Å². The van der Waals surface area contributed by atoms with Gasteiger partial charge in [0.05, 0.1) is 12.6 Å². The SMILES string of the molecule is CC1CN(C(=O)Cc2ccn[nH]2)CCN1c1ccc(F)cn1. The van der Waals surface area contributed by atoms with Crippen molar-refractivity contribution in [1.29, 1.82) is 0 Å². The number of H-pyrrole nitrogens is 1. The van der Waals surface area contributed by atoms with E-state index in [-0.39, 0.29) is 17.8 Å². The van der Waals surface area contributed by atoms with Crippen LogP contribution in [0.2, 0.25) is 0 Å². The summed E-state index contributed by atoms with van der Waals surface area (Å²) in [5.41, 5.74) is 0.820. The van der Waals surface area contributed by atoms with Crippen molar-refractivity contribution in [2.45, 2.75) is 19.4 Å². The average molecular weight is 303 g/mol. The molecule has 3 heterocycles. The van der Waals surface area contributed by atoms with Crippen LogP contribution in [0.15, 0.2) is 30.6 Å². The molecule has 0 aliphatic carbocycles. The fourth-order valence-corrected chi connectivity index (χ4v) is 2.72. The van der Waals surface area contributed by atoms with Gasteiger partial charge in [0, 0.05) is 37.6 Å². The first-order chi connectivity index (χ1) is 10.6. The number of aromatic amines is 1. The number of amides is 1. The van der Waals surface area contributed by atoms with Crippen LogP contribution in [-0.2, 0) is 11.2 Å². The van der Waals surface area contributed by atoms with Crippen molar-refractivity contribution < 1.29 is 9.18 Å². The van der Waals surface area contributed by atoms with Gasteiger partial charge in [0.2, 0.25) is 5.91 Å². The Bertz CT molecular complexity index is 628. The lowest BCUT2D eigenvalue weighted by molar-refractivity contribution is -0.131. The van der Waals surface area contributed by atoms with Gasteiger partial charge < -0.3 is 9.80 Å². The van der Waals surface area contributed by atoms with Crippen molar-refractivity contribution in [3.05, 3.63) is 42.1 Å². The molecule has 1 saturated heterocycles. The van der Waals surface area contributed by atoms with Gasteiger partial charge in [-0.3, -0.25) is 9.89 Å². The normalized spacial score (nSPS) is 18.5. The van der Waals surface area contributed by atoms with Crippen LogP contribution >= 0.6 is 0 Å². The molecule has 1 amide bonds. The molecule has 0 spiro atoms. The van der Waals surface area contributed by atoms with Gasteiger partial charge in [-0.05, 0) is 25.1 Å². The molecule has 1 N–H and O–H groups in total. The molecule has 0 radical (unpaired) electrons. The second-order valence-corrected chi connectivity index (χ2v) is 5.48. The molecule has 1 unspecified atom stereocenters. The van der Waals surface area contributed by atoms with Gasteiger partial charge in [-0.15, -0.1) is 0 Å². The fraction of sp³-hybridized carbons (Fsp3) is 0.400. The third-order valence-electron chi connectivity index (χ3n) is 3.89. The van der Waals surface area contributed by atoms with Crippen molar-refractivity contribution >= 4 is 11.7 Å². The quantitative estimate of drug-likeness (QED) is 0.926. The first kappa shape index (κ1) is 14.5. The number of carbonyl (C=O) groups is 1. The molecule has 2 aromatic rings. The third-order valence-corrected chi connectivity index (χ3v) is 3.89. The predicted octanol–water partition coefficient (Wildman–Crippen LogP) is 1.22. The van der Waals surface area contributed by atoms with E-state index in [0.29, 0.717) is 26.1 Å². The van der Waals surface area contributed by atoms with Crippen LogP contribution in [0.5, 0.6) is 0 Å². The number of nitrogens with one attached hydrogen (secondary N) is 1. The zero-order chi connectivity index (χ0) is 15.5. The number of hydrogen-bond donors (Lipinski definition) is 1. The molecule has 22 heavy (non-hydrogen) atoms. The van der Waals surface area contributed by atoms with E-state index in [1.54, 1.807) is 18.3 Å². The highest BCUT2D eigenvalue weighted by atomic mass is 19.1. The van der Waals surface area contributed by atoms with E-state index in [0.717, 1.165) is 11.5 Å². The van der Waals surface area contributed by atoms with Crippen LogP contribution < -0.4 is 4.90 Å². The van der Waals surface area contributed by atoms with Gasteiger partial charge >= 0.3 is 0 Å². The van der Waals surface area contributed by atoms with E-state index >= 15 is 0 Å². The molecule has 116 valence electrons. The Hall–Kier alpha value is -2.44. The van der Waals surface area contributed by atoms with Crippen molar-refractivity contribution in [1.82, 2.24) is 20.1 Å². The average Bonchev–Trinajstić information content (AvgIpc) is 3.01. The molecule has 1 aliphatic heterocycles. The van der Waals surface area contributed by atoms with E-state index in [9.17, 15) is 9.18 Å². The summed E-state index contributed by atoms with van der Waals surface area (Å²) < 4.78 is 13.0. The molecule has 0 saturated carbocycles. The van der Waals surface area contributed by atoms with Gasteiger partial charge in [0.25, 0.3) is 0 Å². The molecule has 1 atom stereocenters. The summed E-state index contributed by atoms with van der Waals surface area (Å²) in [7, 11) is 0. The summed E-state index contributed by atoms with van der Waals surface area (Å²) in [4.78, 5) is 20.4. The monoisotopic (exact) mass is 303 g/mol. The standard InChI is InChI=1S/C15H18FN5O/c1-11-10-20(15(22)8-13-4-5-18-19-13)6-7-21(11)14-3-2-12(16)9-17-14/h2-5,9,11H,6-8,10H2,1H3,(H,18,19). The number of halogens is 1. The third kappa shape index (κ3) is 3.08. The highest BCUT2D eigenvalue weighted by molar-refractivity contribution is 5.78. The van der Waals surface area contributed by atoms with E-state index < -0.39 is 0 Å². The molecule has 2 aromatic heterocycles. The Kier molecular flexibility index (Phi) is 4.04. The molecule has 1 aliphatic rings. The lowest BCUT2D eigenvalue weighted by Crippen LogP contribution is -2.54. The van der Waals surface area contributed by atoms with Crippen LogP contribution in [0.4, 0.5) is 10.2 Å². The first-order valence-corrected chi connectivity index (χ1v) is 7.27. The van der Waals surface area contributed by atoms with E-state index in [2.05, 4.69) is 20.1 Å². The zero-order valence-electron chi connectivity index (χ0n) is 12.4. The highest BCUT2D eigenvalue weighted by Crippen LogP contribution is 2.18. The second kappa shape index (κ2) is 6.13. The number of piperazine rings is 1. The second-order valence-electron chi connectivity index (χ2n) is 5.48. The Balaban J connectivity index is 1.62. The Labute approximate surface area is 128 Å². The zero-order valence-corrected chi connectivity index (χ0v) is 12.4. The minimum atomic E-state index is -0.343. The first-order valence-electron chi connectivity index (χ1n) is 7.27. The molecule has 7 heteroatoms. The maximum Gasteiger partial charge on any atom is 0.228 e. The summed E-state index contributed by atoms with van der Waals surface area (Å²) in [6.45, 7) is 4.00. The molecule has 6 nitrogen and oxygen atoms in total. The molecular formula is C15H18FN5O. The van der Waals surface area contributed by atoms with Crippen molar-refractivity contribution in [3.63, 3.8) is 0 Å². The summed E-state index contributed by atoms with van der Waals surface area (Å²) >= 11 is 0. The predicted molar refractivity (Wildman–Crippen MR) is 79.9 cm³/mol. The Morgan fingerprint density at radius 2 is 2.27 bits per heavy atom. The van der Waals surface area contributed by atoms with Gasteiger partial charge in [0.1, 0.15) is 11.6 Å². The van der Waals surface area contributed by atoms with Crippen LogP contribution in [0.25, 0.3) is 0 Å². The number of rotatable bonds is 3. The number of hydrogen-bond acceptors (Lipinski definition) is 4. The van der Waals surface area contributed by atoms with Crippen molar-refractivity contribution in [2.75, 3.05) is 24.5 Å². The van der Waals surface area contributed by atoms with Crippen LogP contribution in [0.3, 0.4) is 0 Å². The Morgan fingerprint density at radius 1 is 1.41 bits per heavy atom. The summed E-state index contributed by atoms with van der Waals surface area (Å²) in [6, 6.07) is 5.02. The van der Waals surface area contributed by atoms with Crippen LogP contribution in [0.1, 0.15) is 12.6 Å². The number of nitrogens with zero attached hydrogens (tertiary/aromatic N) is 4. The van der Waals surface area contributed by atoms with E-state index in [1.165, 1.54) is 12.3 Å². The maximum atomic E-state index is 13.0. The fourth-order valence-electron chi connectivity index (χ4n) is 2.72. The van der Waals surface area contributed by atoms with Crippen molar-refractivity contribution in [3.8, 4) is 0 Å². The molecule has 3 rings (SSSR count). The molecule has 0 bridgehead atoms. The van der Waals surface area contributed by atoms with Crippen LogP contribution in [-0.4, -0.2) is 51.7 Å². The summed E-state index contributed by atoms with van der Waals surface area (Å²) in [5.74, 6) is 0.488. The number of carbonyl (C=O) groups excluding carboxylic acids is 1. The lowest BCUT2D eigenvalue weighted by Gasteiger charge is -2.40. The van der Waals surface area contributed by atoms with Crippen LogP contribution in [0, 0.1) is 5.82 Å². The maximum absolute atomic E-state index is 13.0. The van der Waals surface area contributed by atoms with Gasteiger partial charge in [-0.25, -0.2) is 9.37 Å². The Morgan fingerprint density at radius 3 is 2.91 bits per heavy atom. The summed E-state index contributed by atoms with van der Waals surface area (Å²) in [5, 5.41) is 6.66. The lowest BCUT2D eigenvalue weighted by atomic mass is 10.1. The van der Waals surface area contributed by atoms with E-state index in [4.69, 9.17) is 0 Å². The van der Waals surface area contributed by atoms with Crippen molar-refractivity contribution in [2.24, 2.45) is 0 Å². The molecule has 1 fully saturated rings. The van der Waals surface area contributed by atoms with E-state index in [1.807, 2.05) is 11.8 Å². The molecule has 0 aromatic carbocycles.